The largest absolute Gasteiger partial charge is 0.384 e. The zero-order valence-electron chi connectivity index (χ0n) is 15.1. The van der Waals surface area contributed by atoms with Gasteiger partial charge in [-0.15, -0.1) is 0 Å². The van der Waals surface area contributed by atoms with Gasteiger partial charge in [-0.3, -0.25) is 4.98 Å². The van der Waals surface area contributed by atoms with Crippen LogP contribution >= 0.6 is 46.4 Å². The first-order valence-electron chi connectivity index (χ1n) is 8.65. The maximum atomic E-state index is 6.11. The van der Waals surface area contributed by atoms with E-state index in [4.69, 9.17) is 46.4 Å². The number of pyridine rings is 1. The minimum absolute atomic E-state index is 0.329. The molecule has 1 aromatic heterocycles. The Bertz CT molecular complexity index is 852. The van der Waals surface area contributed by atoms with Crippen molar-refractivity contribution in [1.29, 1.82) is 0 Å². The molecule has 0 saturated carbocycles. The monoisotopic (exact) mass is 453 g/mol. The number of nitrogens with zero attached hydrogens (tertiary/aromatic N) is 1. The predicted molar refractivity (Wildman–Crippen MR) is 121 cm³/mol. The molecule has 0 aliphatic rings. The van der Waals surface area contributed by atoms with E-state index >= 15 is 0 Å². The zero-order chi connectivity index (χ0) is 20.1. The van der Waals surface area contributed by atoms with E-state index in [0.29, 0.717) is 33.2 Å². The van der Waals surface area contributed by atoms with E-state index in [9.17, 15) is 0 Å². The Morgan fingerprint density at radius 1 is 0.750 bits per heavy atom. The Morgan fingerprint density at radius 3 is 1.61 bits per heavy atom. The van der Waals surface area contributed by atoms with Crippen molar-refractivity contribution < 1.29 is 0 Å². The van der Waals surface area contributed by atoms with Crippen molar-refractivity contribution >= 4 is 57.8 Å². The van der Waals surface area contributed by atoms with Crippen molar-refractivity contribution in [2.75, 3.05) is 23.7 Å². The topological polar surface area (TPSA) is 37.0 Å². The molecule has 3 nitrogen and oxygen atoms in total. The van der Waals surface area contributed by atoms with Crippen LogP contribution in [-0.4, -0.2) is 18.1 Å². The Morgan fingerprint density at radius 2 is 1.21 bits per heavy atom. The summed E-state index contributed by atoms with van der Waals surface area (Å²) >= 11 is 24.5. The lowest BCUT2D eigenvalue weighted by Crippen LogP contribution is -2.39. The molecule has 0 spiro atoms. The van der Waals surface area contributed by atoms with Gasteiger partial charge in [0.1, 0.15) is 0 Å². The van der Waals surface area contributed by atoms with Crippen LogP contribution in [0.2, 0.25) is 20.1 Å². The Labute approximate surface area is 185 Å². The molecule has 0 aliphatic carbocycles. The summed E-state index contributed by atoms with van der Waals surface area (Å²) in [6.45, 7) is 3.36. The van der Waals surface area contributed by atoms with Crippen LogP contribution in [0.4, 0.5) is 11.4 Å². The first-order chi connectivity index (χ1) is 13.3. The molecule has 0 saturated heterocycles. The van der Waals surface area contributed by atoms with E-state index in [0.717, 1.165) is 17.1 Å². The molecule has 2 N–H and O–H groups in total. The molecule has 1 heterocycles. The molecule has 0 unspecified atom stereocenters. The number of rotatable bonds is 7. The maximum Gasteiger partial charge on any atom is 0.0497 e. The Balaban J connectivity index is 1.81. The zero-order valence-corrected chi connectivity index (χ0v) is 18.2. The van der Waals surface area contributed by atoms with Gasteiger partial charge in [-0.25, -0.2) is 0 Å². The van der Waals surface area contributed by atoms with Crippen LogP contribution in [0.5, 0.6) is 0 Å². The summed E-state index contributed by atoms with van der Waals surface area (Å²) < 4.78 is 0. The van der Waals surface area contributed by atoms with Gasteiger partial charge in [0.05, 0.1) is 0 Å². The molecule has 0 aliphatic heterocycles. The first kappa shape index (κ1) is 21.1. The van der Waals surface area contributed by atoms with Crippen molar-refractivity contribution in [3.05, 3.63) is 86.6 Å². The van der Waals surface area contributed by atoms with Crippen LogP contribution in [0.15, 0.2) is 60.8 Å². The number of halogens is 4. The van der Waals surface area contributed by atoms with Gasteiger partial charge < -0.3 is 10.6 Å². The molecule has 0 radical (unpaired) electrons. The third-order valence-corrected chi connectivity index (χ3v) is 5.25. The fourth-order valence-corrected chi connectivity index (χ4v) is 3.92. The maximum absolute atomic E-state index is 6.11. The number of benzene rings is 2. The summed E-state index contributed by atoms with van der Waals surface area (Å²) in [7, 11) is 0. The number of hydrogen-bond acceptors (Lipinski definition) is 3. The average Bonchev–Trinajstić information content (AvgIpc) is 2.64. The second-order valence-electron chi connectivity index (χ2n) is 6.80. The SMILES string of the molecule is CC(CNc1cc(Cl)cc(Cl)c1)(CNc1cc(Cl)cc(Cl)c1)c1ccccn1. The van der Waals surface area contributed by atoms with Crippen LogP contribution < -0.4 is 10.6 Å². The smallest absolute Gasteiger partial charge is 0.0497 e. The highest BCUT2D eigenvalue weighted by Gasteiger charge is 2.28. The lowest BCUT2D eigenvalue weighted by atomic mass is 9.85. The molecular formula is C21H19Cl4N3. The standard InChI is InChI=1S/C21H19Cl4N3/c1-21(20-4-2-3-5-26-20,12-27-18-8-14(22)6-15(23)9-18)13-28-19-10-16(24)7-17(25)11-19/h2-11,27-28H,12-13H2,1H3. The summed E-state index contributed by atoms with van der Waals surface area (Å²) in [5, 5.41) is 9.18. The van der Waals surface area contributed by atoms with Gasteiger partial charge in [-0.1, -0.05) is 59.4 Å². The minimum atomic E-state index is -0.329. The van der Waals surface area contributed by atoms with Gasteiger partial charge >= 0.3 is 0 Å². The van der Waals surface area contributed by atoms with E-state index in [2.05, 4.69) is 22.5 Å². The number of hydrogen-bond donors (Lipinski definition) is 2. The third-order valence-electron chi connectivity index (χ3n) is 4.37. The number of nitrogens with one attached hydrogen (secondary N) is 2. The van der Waals surface area contributed by atoms with Gasteiger partial charge in [0.15, 0.2) is 0 Å². The third kappa shape index (κ3) is 5.68. The van der Waals surface area contributed by atoms with Gasteiger partial charge in [-0.2, -0.15) is 0 Å². The minimum Gasteiger partial charge on any atom is -0.384 e. The van der Waals surface area contributed by atoms with Crippen LogP contribution in [0.25, 0.3) is 0 Å². The van der Waals surface area contributed by atoms with Crippen LogP contribution in [0, 0.1) is 0 Å². The molecule has 0 amide bonds. The van der Waals surface area contributed by atoms with Gasteiger partial charge in [-0.05, 0) is 48.5 Å². The second-order valence-corrected chi connectivity index (χ2v) is 8.54. The molecule has 146 valence electrons. The summed E-state index contributed by atoms with van der Waals surface area (Å²) in [5.74, 6) is 0. The van der Waals surface area contributed by atoms with Crippen LogP contribution in [0.3, 0.4) is 0 Å². The molecule has 0 bridgehead atoms. The predicted octanol–water partition coefficient (Wildman–Crippen LogP) is 7.18. The fraction of sp³-hybridized carbons (Fsp3) is 0.190. The normalized spacial score (nSPS) is 11.3. The fourth-order valence-electron chi connectivity index (χ4n) is 2.87. The highest BCUT2D eigenvalue weighted by Crippen LogP contribution is 2.28. The van der Waals surface area contributed by atoms with E-state index in [-0.39, 0.29) is 5.41 Å². The summed E-state index contributed by atoms with van der Waals surface area (Å²) in [6.07, 6.45) is 1.79. The first-order valence-corrected chi connectivity index (χ1v) is 10.2. The molecule has 2 aromatic carbocycles. The number of anilines is 2. The number of aromatic nitrogens is 1. The van der Waals surface area contributed by atoms with Crippen molar-refractivity contribution in [3.63, 3.8) is 0 Å². The van der Waals surface area contributed by atoms with E-state index in [1.807, 2.05) is 42.5 Å². The van der Waals surface area contributed by atoms with E-state index in [1.165, 1.54) is 0 Å². The van der Waals surface area contributed by atoms with Gasteiger partial charge in [0.2, 0.25) is 0 Å². The van der Waals surface area contributed by atoms with E-state index in [1.54, 1.807) is 18.3 Å². The van der Waals surface area contributed by atoms with Crippen molar-refractivity contribution in [2.45, 2.75) is 12.3 Å². The van der Waals surface area contributed by atoms with Crippen molar-refractivity contribution in [2.24, 2.45) is 0 Å². The molecule has 3 aromatic rings. The Hall–Kier alpha value is -1.65. The van der Waals surface area contributed by atoms with Crippen LogP contribution in [-0.2, 0) is 5.41 Å². The highest BCUT2D eigenvalue weighted by molar-refractivity contribution is 6.35. The quantitative estimate of drug-likeness (QED) is 0.397. The summed E-state index contributed by atoms with van der Waals surface area (Å²) in [5.41, 5.74) is 2.33. The molecular weight excluding hydrogens is 436 g/mol. The lowest BCUT2D eigenvalue weighted by Gasteiger charge is -2.30. The van der Waals surface area contributed by atoms with Crippen molar-refractivity contribution in [3.8, 4) is 0 Å². The molecule has 0 fully saturated rings. The lowest BCUT2D eigenvalue weighted by molar-refractivity contribution is 0.511. The highest BCUT2D eigenvalue weighted by atomic mass is 35.5. The second kappa shape index (κ2) is 9.23. The van der Waals surface area contributed by atoms with E-state index < -0.39 is 0 Å². The molecule has 28 heavy (non-hydrogen) atoms. The molecule has 0 atom stereocenters. The van der Waals surface area contributed by atoms with Gasteiger partial charge in [0.25, 0.3) is 0 Å². The van der Waals surface area contributed by atoms with Crippen LogP contribution in [0.1, 0.15) is 12.6 Å². The summed E-state index contributed by atoms with van der Waals surface area (Å²) in [4.78, 5) is 4.56. The summed E-state index contributed by atoms with van der Waals surface area (Å²) in [6, 6.07) is 16.7. The van der Waals surface area contributed by atoms with Gasteiger partial charge in [0, 0.05) is 61.9 Å². The molecule has 7 heteroatoms. The molecule has 3 rings (SSSR count). The van der Waals surface area contributed by atoms with Crippen molar-refractivity contribution in [1.82, 2.24) is 4.98 Å². The Kier molecular flexibility index (Phi) is 6.95. The average molecular weight is 455 g/mol.